The number of halogens is 1. The average molecular weight is 181 g/mol. The number of aldehydes is 1. The first-order valence-electron chi connectivity index (χ1n) is 4.07. The summed E-state index contributed by atoms with van der Waals surface area (Å²) in [4.78, 5) is 21.7. The third-order valence-corrected chi connectivity index (χ3v) is 2.29. The molecule has 0 bridgehead atoms. The predicted octanol–water partition coefficient (Wildman–Crippen LogP) is 1.08. The molecule has 0 saturated carbocycles. The second-order valence-electron chi connectivity index (χ2n) is 3.04. The molecule has 0 radical (unpaired) electrons. The van der Waals surface area contributed by atoms with Crippen molar-refractivity contribution in [2.75, 3.05) is 0 Å². The van der Waals surface area contributed by atoms with Crippen LogP contribution in [0.3, 0.4) is 0 Å². The van der Waals surface area contributed by atoms with Gasteiger partial charge in [-0.05, 0) is 6.07 Å². The Morgan fingerprint density at radius 1 is 1.54 bits per heavy atom. The van der Waals surface area contributed by atoms with E-state index in [4.69, 9.17) is 0 Å². The topological polar surface area (TPSA) is 39.1 Å². The zero-order valence-electron chi connectivity index (χ0n) is 6.87. The number of aromatic nitrogens is 1. The van der Waals surface area contributed by atoms with Gasteiger partial charge in [0.25, 0.3) is 5.56 Å². The molecule has 0 aliphatic carbocycles. The van der Waals surface area contributed by atoms with Gasteiger partial charge in [-0.2, -0.15) is 0 Å². The highest BCUT2D eigenvalue weighted by atomic mass is 19.1. The number of rotatable bonds is 1. The summed E-state index contributed by atoms with van der Waals surface area (Å²) in [6.07, 6.45) is -0.294. The molecule has 3 nitrogen and oxygen atoms in total. The van der Waals surface area contributed by atoms with Gasteiger partial charge in [0.15, 0.2) is 6.29 Å². The Bertz CT molecular complexity index is 411. The maximum Gasteiger partial charge on any atom is 0.250 e. The van der Waals surface area contributed by atoms with Gasteiger partial charge in [-0.15, -0.1) is 0 Å². The predicted molar refractivity (Wildman–Crippen MR) is 44.6 cm³/mol. The second-order valence-corrected chi connectivity index (χ2v) is 3.04. The Morgan fingerprint density at radius 3 is 3.00 bits per heavy atom. The molecular weight excluding hydrogens is 173 g/mol. The molecule has 0 spiro atoms. The molecule has 1 aromatic rings. The third kappa shape index (κ3) is 1.09. The maximum absolute atomic E-state index is 13.2. The van der Waals surface area contributed by atoms with Gasteiger partial charge in [-0.3, -0.25) is 9.59 Å². The zero-order valence-corrected chi connectivity index (χ0v) is 6.87. The lowest BCUT2D eigenvalue weighted by atomic mass is 10.1. The third-order valence-electron chi connectivity index (χ3n) is 2.29. The van der Waals surface area contributed by atoms with Gasteiger partial charge in [0.2, 0.25) is 0 Å². The minimum Gasteiger partial charge on any atom is -0.309 e. The van der Waals surface area contributed by atoms with E-state index < -0.39 is 6.17 Å². The smallest absolute Gasteiger partial charge is 0.250 e. The van der Waals surface area contributed by atoms with Gasteiger partial charge in [0.1, 0.15) is 6.17 Å². The molecule has 0 amide bonds. The van der Waals surface area contributed by atoms with Crippen LogP contribution in [0.2, 0.25) is 0 Å². The molecule has 1 aromatic heterocycles. The molecule has 2 heterocycles. The Hall–Kier alpha value is -1.45. The highest BCUT2D eigenvalue weighted by molar-refractivity contribution is 5.76. The number of hydrogen-bond acceptors (Lipinski definition) is 2. The van der Waals surface area contributed by atoms with E-state index in [9.17, 15) is 14.0 Å². The summed E-state index contributed by atoms with van der Waals surface area (Å²) in [5.74, 6) is 0. The normalized spacial score (nSPS) is 19.9. The molecule has 1 aliphatic rings. The van der Waals surface area contributed by atoms with Crippen molar-refractivity contribution < 1.29 is 9.18 Å². The molecule has 1 aliphatic heterocycles. The van der Waals surface area contributed by atoms with E-state index >= 15 is 0 Å². The molecule has 1 unspecified atom stereocenters. The summed E-state index contributed by atoms with van der Waals surface area (Å²) in [7, 11) is 0. The quantitative estimate of drug-likeness (QED) is 0.608. The van der Waals surface area contributed by atoms with Gasteiger partial charge in [-0.25, -0.2) is 4.39 Å². The summed E-state index contributed by atoms with van der Waals surface area (Å²) < 4.78 is 14.6. The Kier molecular flexibility index (Phi) is 1.76. The fourth-order valence-electron chi connectivity index (χ4n) is 1.67. The van der Waals surface area contributed by atoms with Crippen molar-refractivity contribution in [1.82, 2.24) is 4.57 Å². The Labute approximate surface area is 73.8 Å². The van der Waals surface area contributed by atoms with E-state index in [-0.39, 0.29) is 16.8 Å². The lowest BCUT2D eigenvalue weighted by Gasteiger charge is -2.05. The van der Waals surface area contributed by atoms with Crippen LogP contribution >= 0.6 is 0 Å². The van der Waals surface area contributed by atoms with E-state index in [1.165, 1.54) is 16.7 Å². The fourth-order valence-corrected chi connectivity index (χ4v) is 1.67. The summed E-state index contributed by atoms with van der Waals surface area (Å²) in [6, 6.07) is 2.67. The number of nitrogens with zero attached hydrogens (tertiary/aromatic N) is 1. The zero-order chi connectivity index (χ0) is 9.42. The second kappa shape index (κ2) is 2.80. The maximum atomic E-state index is 13.2. The van der Waals surface area contributed by atoms with Crippen LogP contribution in [0.4, 0.5) is 4.39 Å². The molecule has 0 fully saturated rings. The van der Waals surface area contributed by atoms with Gasteiger partial charge < -0.3 is 4.57 Å². The van der Waals surface area contributed by atoms with E-state index in [1.54, 1.807) is 0 Å². The highest BCUT2D eigenvalue weighted by Crippen LogP contribution is 2.29. The van der Waals surface area contributed by atoms with E-state index in [1.807, 2.05) is 0 Å². The van der Waals surface area contributed by atoms with Gasteiger partial charge in [0, 0.05) is 24.6 Å². The first-order valence-corrected chi connectivity index (χ1v) is 4.07. The monoisotopic (exact) mass is 181 g/mol. The molecule has 0 aromatic carbocycles. The summed E-state index contributed by atoms with van der Waals surface area (Å²) in [5, 5.41) is 0. The first kappa shape index (κ1) is 8.16. The van der Waals surface area contributed by atoms with Crippen LogP contribution in [-0.2, 0) is 6.54 Å². The van der Waals surface area contributed by atoms with E-state index in [0.29, 0.717) is 19.3 Å². The summed E-state index contributed by atoms with van der Waals surface area (Å²) >= 11 is 0. The minimum absolute atomic E-state index is 0.235. The van der Waals surface area contributed by atoms with Crippen molar-refractivity contribution in [3.63, 3.8) is 0 Å². The molecular formula is C9H8FNO2. The number of fused-ring (bicyclic) bond motifs is 1. The van der Waals surface area contributed by atoms with E-state index in [2.05, 4.69) is 0 Å². The van der Waals surface area contributed by atoms with Gasteiger partial charge >= 0.3 is 0 Å². The van der Waals surface area contributed by atoms with Crippen molar-refractivity contribution in [3.05, 3.63) is 33.7 Å². The molecule has 4 heteroatoms. The largest absolute Gasteiger partial charge is 0.309 e. The van der Waals surface area contributed by atoms with Crippen LogP contribution in [0.5, 0.6) is 0 Å². The SMILES string of the molecule is O=Cc1ccc(=O)n2c1C(F)CC2. The Balaban J connectivity index is 2.73. The van der Waals surface area contributed by atoms with E-state index in [0.717, 1.165) is 0 Å². The molecule has 13 heavy (non-hydrogen) atoms. The van der Waals surface area contributed by atoms with Crippen LogP contribution in [0.15, 0.2) is 16.9 Å². The van der Waals surface area contributed by atoms with Crippen LogP contribution < -0.4 is 5.56 Å². The van der Waals surface area contributed by atoms with Crippen molar-refractivity contribution in [1.29, 1.82) is 0 Å². The van der Waals surface area contributed by atoms with Crippen molar-refractivity contribution >= 4 is 6.29 Å². The Morgan fingerprint density at radius 2 is 2.31 bits per heavy atom. The minimum atomic E-state index is -1.17. The molecule has 68 valence electrons. The van der Waals surface area contributed by atoms with Gasteiger partial charge in [-0.1, -0.05) is 0 Å². The standard InChI is InChI=1S/C9H8FNO2/c10-7-3-4-11-8(13)2-1-6(5-12)9(7)11/h1-2,5,7H,3-4H2. The van der Waals surface area contributed by atoms with Crippen LogP contribution in [0.25, 0.3) is 0 Å². The first-order chi connectivity index (χ1) is 6.24. The lowest BCUT2D eigenvalue weighted by molar-refractivity contribution is 0.112. The van der Waals surface area contributed by atoms with Gasteiger partial charge in [0.05, 0.1) is 5.69 Å². The van der Waals surface area contributed by atoms with Crippen LogP contribution in [0.1, 0.15) is 28.6 Å². The van der Waals surface area contributed by atoms with Crippen LogP contribution in [-0.4, -0.2) is 10.9 Å². The molecule has 0 N–H and O–H groups in total. The molecule has 0 saturated heterocycles. The number of carbonyl (C=O) groups is 1. The molecule has 2 rings (SSSR count). The number of pyridine rings is 1. The summed E-state index contributed by atoms with van der Waals surface area (Å²) in [5.41, 5.74) is 0.285. The van der Waals surface area contributed by atoms with Crippen molar-refractivity contribution in [2.45, 2.75) is 19.1 Å². The average Bonchev–Trinajstić information content (AvgIpc) is 2.51. The van der Waals surface area contributed by atoms with Crippen LogP contribution in [0, 0.1) is 0 Å². The fraction of sp³-hybridized carbons (Fsp3) is 0.333. The van der Waals surface area contributed by atoms with Crippen molar-refractivity contribution in [3.8, 4) is 0 Å². The lowest BCUT2D eigenvalue weighted by Crippen LogP contribution is -2.19. The highest BCUT2D eigenvalue weighted by Gasteiger charge is 2.25. The van der Waals surface area contributed by atoms with Crippen molar-refractivity contribution in [2.24, 2.45) is 0 Å². The number of carbonyl (C=O) groups excluding carboxylic acids is 1. The number of hydrogen-bond donors (Lipinski definition) is 0. The number of alkyl halides is 1. The molecule has 1 atom stereocenters. The summed E-state index contributed by atoms with van der Waals surface area (Å²) in [6.45, 7) is 0.372.